The molecule has 3 rings (SSSR count). The molecule has 0 aliphatic carbocycles. The van der Waals surface area contributed by atoms with Crippen molar-refractivity contribution in [2.75, 3.05) is 12.0 Å². The van der Waals surface area contributed by atoms with Gasteiger partial charge in [-0.05, 0) is 31.7 Å². The summed E-state index contributed by atoms with van der Waals surface area (Å²) in [6.07, 6.45) is 3.85. The number of aryl methyl sites for hydroxylation is 1. The fraction of sp³-hybridized carbons (Fsp3) is 0.267. The Balaban J connectivity index is 2.11. The number of rotatable bonds is 3. The first-order valence-electron chi connectivity index (χ1n) is 6.96. The zero-order chi connectivity index (χ0) is 16.7. The van der Waals surface area contributed by atoms with Crippen molar-refractivity contribution in [1.29, 1.82) is 0 Å². The highest BCUT2D eigenvalue weighted by molar-refractivity contribution is 7.99. The van der Waals surface area contributed by atoms with Gasteiger partial charge >= 0.3 is 0 Å². The lowest BCUT2D eigenvalue weighted by Gasteiger charge is -2.13. The van der Waals surface area contributed by atoms with Crippen LogP contribution in [0.5, 0.6) is 0 Å². The van der Waals surface area contributed by atoms with Crippen molar-refractivity contribution in [3.63, 3.8) is 0 Å². The topological polar surface area (TPSA) is 80.5 Å². The molecule has 0 radical (unpaired) electrons. The number of fused-ring (bicyclic) bond motifs is 1. The van der Waals surface area contributed by atoms with Gasteiger partial charge in [-0.1, -0.05) is 11.6 Å². The fourth-order valence-electron chi connectivity index (χ4n) is 2.40. The average molecular weight is 366 g/mol. The van der Waals surface area contributed by atoms with Crippen molar-refractivity contribution in [3.05, 3.63) is 34.5 Å². The molecule has 3 N–H and O–H groups in total. The molecule has 0 spiro atoms. The average Bonchev–Trinajstić information content (AvgIpc) is 2.91. The van der Waals surface area contributed by atoms with Gasteiger partial charge in [0.25, 0.3) is 0 Å². The number of pyridine rings is 1. The van der Waals surface area contributed by atoms with Crippen LogP contribution in [0.1, 0.15) is 29.9 Å². The van der Waals surface area contributed by atoms with Crippen molar-refractivity contribution < 1.29 is 0 Å². The second-order valence-corrected chi connectivity index (χ2v) is 6.88. The van der Waals surface area contributed by atoms with Crippen LogP contribution in [0, 0.1) is 6.92 Å². The first-order chi connectivity index (χ1) is 10.9. The highest BCUT2D eigenvalue weighted by Crippen LogP contribution is 2.32. The molecule has 0 aliphatic rings. The van der Waals surface area contributed by atoms with Crippen LogP contribution >= 0.6 is 36.0 Å². The summed E-state index contributed by atoms with van der Waals surface area (Å²) in [4.78, 5) is 17.1. The van der Waals surface area contributed by atoms with Crippen molar-refractivity contribution in [3.8, 4) is 0 Å². The number of aromatic nitrogens is 4. The van der Waals surface area contributed by atoms with E-state index in [0.29, 0.717) is 21.7 Å². The Morgan fingerprint density at radius 1 is 1.35 bits per heavy atom. The summed E-state index contributed by atoms with van der Waals surface area (Å²) in [5.41, 5.74) is 8.72. The third kappa shape index (κ3) is 2.88. The summed E-state index contributed by atoms with van der Waals surface area (Å²) >= 11 is 12.1. The number of nitrogen functional groups attached to an aromatic ring is 1. The number of hydrogen-bond acceptors (Lipinski definition) is 6. The second kappa shape index (κ2) is 6.22. The number of anilines is 1. The van der Waals surface area contributed by atoms with Crippen molar-refractivity contribution in [2.24, 2.45) is 0 Å². The molecular formula is C15H16ClN5S2. The molecule has 1 unspecified atom stereocenters. The Morgan fingerprint density at radius 2 is 2.09 bits per heavy atom. The minimum absolute atomic E-state index is 0.131. The van der Waals surface area contributed by atoms with Crippen LogP contribution in [0.2, 0.25) is 5.15 Å². The minimum atomic E-state index is -0.131. The molecule has 1 atom stereocenters. The molecular weight excluding hydrogens is 350 g/mol. The Bertz CT molecular complexity index is 893. The Hall–Kier alpha value is -1.44. The van der Waals surface area contributed by atoms with Crippen molar-refractivity contribution in [1.82, 2.24) is 19.9 Å². The van der Waals surface area contributed by atoms with Gasteiger partial charge in [-0.25, -0.2) is 15.0 Å². The number of aromatic amines is 1. The van der Waals surface area contributed by atoms with E-state index in [2.05, 4.69) is 32.6 Å². The number of halogens is 1. The van der Waals surface area contributed by atoms with Crippen LogP contribution < -0.4 is 5.73 Å². The molecule has 3 aromatic rings. The molecule has 0 bridgehead atoms. The first kappa shape index (κ1) is 16.4. The van der Waals surface area contributed by atoms with Crippen LogP contribution in [-0.4, -0.2) is 26.2 Å². The lowest BCUT2D eigenvalue weighted by atomic mass is 10.0. The third-order valence-corrected chi connectivity index (χ3v) is 5.32. The maximum atomic E-state index is 6.30. The second-order valence-electron chi connectivity index (χ2n) is 5.28. The van der Waals surface area contributed by atoms with E-state index in [9.17, 15) is 0 Å². The molecule has 0 saturated heterocycles. The van der Waals surface area contributed by atoms with Crippen LogP contribution in [0.3, 0.4) is 0 Å². The molecule has 0 aromatic carbocycles. The summed E-state index contributed by atoms with van der Waals surface area (Å²) < 4.78 is 0. The molecule has 0 saturated carbocycles. The number of nitrogens with zero attached hydrogens (tertiary/aromatic N) is 3. The SMILES string of the molecule is CSc1nc(C(C)c2cc3c(C)c[nH]c3c(Cl)n2)nc(N)c1S. The van der Waals surface area contributed by atoms with E-state index in [-0.39, 0.29) is 5.92 Å². The molecule has 3 heterocycles. The Kier molecular flexibility index (Phi) is 4.44. The van der Waals surface area contributed by atoms with E-state index in [0.717, 1.165) is 27.2 Å². The Labute approximate surface area is 148 Å². The van der Waals surface area contributed by atoms with E-state index in [1.807, 2.05) is 32.4 Å². The smallest absolute Gasteiger partial charge is 0.153 e. The first-order valence-corrected chi connectivity index (χ1v) is 9.01. The largest absolute Gasteiger partial charge is 0.383 e. The van der Waals surface area contributed by atoms with Gasteiger partial charge < -0.3 is 10.7 Å². The molecule has 0 fully saturated rings. The Morgan fingerprint density at radius 3 is 2.78 bits per heavy atom. The molecule has 0 amide bonds. The van der Waals surface area contributed by atoms with Gasteiger partial charge in [0.05, 0.1) is 22.0 Å². The molecule has 0 aliphatic heterocycles. The molecule has 120 valence electrons. The lowest BCUT2D eigenvalue weighted by Crippen LogP contribution is -2.08. The van der Waals surface area contributed by atoms with Gasteiger partial charge in [-0.15, -0.1) is 24.4 Å². The van der Waals surface area contributed by atoms with Crippen LogP contribution in [0.15, 0.2) is 22.2 Å². The zero-order valence-electron chi connectivity index (χ0n) is 12.9. The monoisotopic (exact) mass is 365 g/mol. The highest BCUT2D eigenvalue weighted by Gasteiger charge is 2.19. The number of thiol groups is 1. The summed E-state index contributed by atoms with van der Waals surface area (Å²) in [5.74, 6) is 0.855. The van der Waals surface area contributed by atoms with Gasteiger partial charge in [0, 0.05) is 11.6 Å². The number of nitrogens with two attached hydrogens (primary N) is 1. The summed E-state index contributed by atoms with van der Waals surface area (Å²) in [7, 11) is 0. The van der Waals surface area contributed by atoms with E-state index in [1.165, 1.54) is 11.8 Å². The van der Waals surface area contributed by atoms with Crippen molar-refractivity contribution >= 4 is 52.7 Å². The molecule has 3 aromatic heterocycles. The minimum Gasteiger partial charge on any atom is -0.383 e. The number of thioether (sulfide) groups is 1. The van der Waals surface area contributed by atoms with Crippen LogP contribution in [0.25, 0.3) is 10.9 Å². The van der Waals surface area contributed by atoms with E-state index < -0.39 is 0 Å². The normalized spacial score (nSPS) is 12.7. The van der Waals surface area contributed by atoms with Crippen LogP contribution in [-0.2, 0) is 0 Å². The lowest BCUT2D eigenvalue weighted by molar-refractivity contribution is 0.756. The highest BCUT2D eigenvalue weighted by atomic mass is 35.5. The van der Waals surface area contributed by atoms with Crippen molar-refractivity contribution in [2.45, 2.75) is 29.7 Å². The van der Waals surface area contributed by atoms with Gasteiger partial charge in [0.1, 0.15) is 16.7 Å². The van der Waals surface area contributed by atoms with E-state index in [4.69, 9.17) is 17.3 Å². The number of H-pyrrole nitrogens is 1. The summed E-state index contributed by atoms with van der Waals surface area (Å²) in [6, 6.07) is 2.02. The maximum absolute atomic E-state index is 6.30. The summed E-state index contributed by atoms with van der Waals surface area (Å²) in [5, 5.41) is 2.25. The van der Waals surface area contributed by atoms with E-state index >= 15 is 0 Å². The number of nitrogens with one attached hydrogen (secondary N) is 1. The predicted octanol–water partition coefficient (Wildman–Crippen LogP) is 4.06. The van der Waals surface area contributed by atoms with Gasteiger partial charge in [0.15, 0.2) is 5.15 Å². The maximum Gasteiger partial charge on any atom is 0.153 e. The van der Waals surface area contributed by atoms with E-state index in [1.54, 1.807) is 0 Å². The summed E-state index contributed by atoms with van der Waals surface area (Å²) in [6.45, 7) is 4.02. The fourth-order valence-corrected chi connectivity index (χ4v) is 3.51. The third-order valence-electron chi connectivity index (χ3n) is 3.77. The van der Waals surface area contributed by atoms with Gasteiger partial charge in [0.2, 0.25) is 0 Å². The van der Waals surface area contributed by atoms with Crippen LogP contribution in [0.4, 0.5) is 5.82 Å². The standard InChI is InChI=1S/C15H16ClN5S2/c1-6-5-18-10-8(6)4-9(19-12(10)16)7(2)14-20-13(17)11(22)15(21-14)23-3/h4-5,7,18,22H,1-3H3,(H2,17,20,21). The quantitative estimate of drug-likeness (QED) is 0.282. The molecule has 8 heteroatoms. The zero-order valence-corrected chi connectivity index (χ0v) is 15.4. The van der Waals surface area contributed by atoms with Gasteiger partial charge in [-0.2, -0.15) is 0 Å². The van der Waals surface area contributed by atoms with Gasteiger partial charge in [-0.3, -0.25) is 0 Å². The number of hydrogen-bond donors (Lipinski definition) is 3. The molecule has 23 heavy (non-hydrogen) atoms. The predicted molar refractivity (Wildman–Crippen MR) is 98.8 cm³/mol. The molecule has 5 nitrogen and oxygen atoms in total.